The zero-order chi connectivity index (χ0) is 22.4. The Bertz CT molecular complexity index is 1120. The largest absolute Gasteiger partial charge is 0.435 e. The van der Waals surface area contributed by atoms with Gasteiger partial charge in [-0.2, -0.15) is 13.5 Å². The number of amides is 1. The summed E-state index contributed by atoms with van der Waals surface area (Å²) in [6, 6.07) is 19.6. The van der Waals surface area contributed by atoms with E-state index < -0.39 is 22.7 Å². The van der Waals surface area contributed by atoms with Crippen LogP contribution in [0, 0.1) is 0 Å². The van der Waals surface area contributed by atoms with Gasteiger partial charge in [0.1, 0.15) is 5.75 Å². The van der Waals surface area contributed by atoms with Crippen molar-refractivity contribution < 1.29 is 26.7 Å². The zero-order valence-electron chi connectivity index (χ0n) is 16.5. The van der Waals surface area contributed by atoms with Crippen LogP contribution in [-0.2, 0) is 14.8 Å². The summed E-state index contributed by atoms with van der Waals surface area (Å²) in [5, 5.41) is 2.58. The summed E-state index contributed by atoms with van der Waals surface area (Å²) in [7, 11) is -3.94. The molecule has 3 aromatic carbocycles. The van der Waals surface area contributed by atoms with E-state index in [-0.39, 0.29) is 16.6 Å². The third-order valence-corrected chi connectivity index (χ3v) is 5.77. The van der Waals surface area contributed by atoms with Gasteiger partial charge in [-0.25, -0.2) is 8.42 Å². The summed E-state index contributed by atoms with van der Waals surface area (Å²) >= 11 is 0. The van der Waals surface area contributed by atoms with Crippen molar-refractivity contribution in [2.75, 3.05) is 5.32 Å². The van der Waals surface area contributed by atoms with Gasteiger partial charge in [-0.3, -0.25) is 4.79 Å². The van der Waals surface area contributed by atoms with E-state index in [0.717, 1.165) is 0 Å². The topological polar surface area (TPSA) is 84.5 Å². The van der Waals surface area contributed by atoms with E-state index in [0.29, 0.717) is 16.8 Å². The molecular formula is C22H20F2N2O4S. The number of nitrogens with one attached hydrogen (secondary N) is 2. The maximum absolute atomic E-state index is 13.0. The molecule has 31 heavy (non-hydrogen) atoms. The number of alkyl halides is 2. The van der Waals surface area contributed by atoms with Crippen LogP contribution in [0.15, 0.2) is 83.8 Å². The normalized spacial score (nSPS) is 12.4. The first-order valence-corrected chi connectivity index (χ1v) is 10.7. The molecule has 0 aromatic heterocycles. The minimum absolute atomic E-state index is 0.0141. The van der Waals surface area contributed by atoms with Crippen molar-refractivity contribution in [2.45, 2.75) is 24.5 Å². The predicted molar refractivity (Wildman–Crippen MR) is 112 cm³/mol. The minimum atomic E-state index is -3.94. The number of sulfonamides is 1. The SMILES string of the molecule is CC(=O)Nc1ccc(S(=O)(=O)NC(c2ccccc2)c2ccc(OC(F)F)cc2)cc1. The smallest absolute Gasteiger partial charge is 0.387 e. The Morgan fingerprint density at radius 3 is 2.00 bits per heavy atom. The van der Waals surface area contributed by atoms with E-state index >= 15 is 0 Å². The molecule has 0 aliphatic heterocycles. The van der Waals surface area contributed by atoms with Crippen molar-refractivity contribution in [1.29, 1.82) is 0 Å². The number of hydrogen-bond acceptors (Lipinski definition) is 4. The predicted octanol–water partition coefficient (Wildman–Crippen LogP) is 4.31. The summed E-state index contributed by atoms with van der Waals surface area (Å²) in [5.74, 6) is -0.292. The van der Waals surface area contributed by atoms with Crippen molar-refractivity contribution >= 4 is 21.6 Å². The lowest BCUT2D eigenvalue weighted by Crippen LogP contribution is -2.29. The quantitative estimate of drug-likeness (QED) is 0.540. The van der Waals surface area contributed by atoms with E-state index in [1.807, 2.05) is 0 Å². The van der Waals surface area contributed by atoms with Gasteiger partial charge in [0, 0.05) is 12.6 Å². The van der Waals surface area contributed by atoms with Crippen LogP contribution in [0.5, 0.6) is 5.75 Å². The van der Waals surface area contributed by atoms with Crippen molar-refractivity contribution in [3.8, 4) is 5.75 Å². The Hall–Kier alpha value is -3.30. The molecule has 0 saturated carbocycles. The van der Waals surface area contributed by atoms with E-state index in [4.69, 9.17) is 0 Å². The van der Waals surface area contributed by atoms with E-state index in [9.17, 15) is 22.0 Å². The minimum Gasteiger partial charge on any atom is -0.435 e. The number of carbonyl (C=O) groups is 1. The molecule has 3 rings (SSSR count). The molecule has 9 heteroatoms. The second-order valence-corrected chi connectivity index (χ2v) is 8.33. The standard InChI is InChI=1S/C22H20F2N2O4S/c1-15(27)25-18-9-13-20(14-10-18)31(28,29)26-21(16-5-3-2-4-6-16)17-7-11-19(12-8-17)30-22(23)24/h2-14,21-22,26H,1H3,(H,25,27). The van der Waals surface area contributed by atoms with Crippen LogP contribution in [0.2, 0.25) is 0 Å². The van der Waals surface area contributed by atoms with Gasteiger partial charge in [0.2, 0.25) is 15.9 Å². The fraction of sp³-hybridized carbons (Fsp3) is 0.136. The van der Waals surface area contributed by atoms with Gasteiger partial charge in [0.25, 0.3) is 0 Å². The van der Waals surface area contributed by atoms with E-state index in [2.05, 4.69) is 14.8 Å². The van der Waals surface area contributed by atoms with Crippen LogP contribution < -0.4 is 14.8 Å². The molecule has 0 aliphatic rings. The average molecular weight is 446 g/mol. The Morgan fingerprint density at radius 1 is 0.871 bits per heavy atom. The maximum Gasteiger partial charge on any atom is 0.387 e. The van der Waals surface area contributed by atoms with Crippen LogP contribution in [0.1, 0.15) is 24.1 Å². The molecule has 3 aromatic rings. The van der Waals surface area contributed by atoms with Crippen molar-refractivity contribution in [3.05, 3.63) is 90.0 Å². The molecule has 1 unspecified atom stereocenters. The van der Waals surface area contributed by atoms with Crippen LogP contribution in [0.3, 0.4) is 0 Å². The Labute approximate surface area is 178 Å². The highest BCUT2D eigenvalue weighted by molar-refractivity contribution is 7.89. The third-order valence-electron chi connectivity index (χ3n) is 4.33. The Balaban J connectivity index is 1.90. The number of rotatable bonds is 8. The van der Waals surface area contributed by atoms with Crippen LogP contribution in [-0.4, -0.2) is 20.9 Å². The van der Waals surface area contributed by atoms with Crippen LogP contribution >= 0.6 is 0 Å². The zero-order valence-corrected chi connectivity index (χ0v) is 17.3. The summed E-state index contributed by atoms with van der Waals surface area (Å²) in [6.45, 7) is -1.59. The van der Waals surface area contributed by atoms with Gasteiger partial charge in [0.15, 0.2) is 0 Å². The first kappa shape index (κ1) is 22.4. The summed E-state index contributed by atoms with van der Waals surface area (Å²) in [4.78, 5) is 11.2. The fourth-order valence-corrected chi connectivity index (χ4v) is 4.17. The molecule has 162 valence electrons. The number of benzene rings is 3. The first-order chi connectivity index (χ1) is 14.7. The summed E-state index contributed by atoms with van der Waals surface area (Å²) in [6.07, 6.45) is 0. The fourth-order valence-electron chi connectivity index (χ4n) is 2.96. The van der Waals surface area contributed by atoms with Gasteiger partial charge in [0.05, 0.1) is 10.9 Å². The highest BCUT2D eigenvalue weighted by atomic mass is 32.2. The number of carbonyl (C=O) groups excluding carboxylic acids is 1. The lowest BCUT2D eigenvalue weighted by atomic mass is 10.00. The highest BCUT2D eigenvalue weighted by Gasteiger charge is 2.23. The second-order valence-electron chi connectivity index (χ2n) is 6.62. The lowest BCUT2D eigenvalue weighted by molar-refractivity contribution is -0.114. The Morgan fingerprint density at radius 2 is 1.45 bits per heavy atom. The van der Waals surface area contributed by atoms with Crippen LogP contribution in [0.4, 0.5) is 14.5 Å². The number of anilines is 1. The highest BCUT2D eigenvalue weighted by Crippen LogP contribution is 2.27. The van der Waals surface area contributed by atoms with Crippen LogP contribution in [0.25, 0.3) is 0 Å². The monoisotopic (exact) mass is 446 g/mol. The van der Waals surface area contributed by atoms with Gasteiger partial charge in [-0.1, -0.05) is 42.5 Å². The van der Waals surface area contributed by atoms with E-state index in [1.54, 1.807) is 30.3 Å². The molecule has 1 amide bonds. The summed E-state index contributed by atoms with van der Waals surface area (Å²) in [5.41, 5.74) is 1.69. The molecule has 0 fully saturated rings. The van der Waals surface area contributed by atoms with Gasteiger partial charge < -0.3 is 10.1 Å². The second kappa shape index (κ2) is 9.67. The van der Waals surface area contributed by atoms with E-state index in [1.165, 1.54) is 55.5 Å². The first-order valence-electron chi connectivity index (χ1n) is 9.24. The Kier molecular flexibility index (Phi) is 6.98. The van der Waals surface area contributed by atoms with Crippen molar-refractivity contribution in [1.82, 2.24) is 4.72 Å². The number of halogens is 2. The number of hydrogen-bond donors (Lipinski definition) is 2. The molecule has 6 nitrogen and oxygen atoms in total. The molecule has 0 saturated heterocycles. The van der Waals surface area contributed by atoms with Crippen molar-refractivity contribution in [3.63, 3.8) is 0 Å². The number of ether oxygens (including phenoxy) is 1. The van der Waals surface area contributed by atoms with Gasteiger partial charge in [-0.15, -0.1) is 0 Å². The van der Waals surface area contributed by atoms with Crippen molar-refractivity contribution in [2.24, 2.45) is 0 Å². The third kappa shape index (κ3) is 6.09. The maximum atomic E-state index is 13.0. The molecular weight excluding hydrogens is 426 g/mol. The lowest BCUT2D eigenvalue weighted by Gasteiger charge is -2.20. The molecule has 0 spiro atoms. The molecule has 0 heterocycles. The molecule has 0 radical (unpaired) electrons. The molecule has 0 bridgehead atoms. The van der Waals surface area contributed by atoms with Gasteiger partial charge >= 0.3 is 6.61 Å². The average Bonchev–Trinajstić information content (AvgIpc) is 2.73. The molecule has 0 aliphatic carbocycles. The van der Waals surface area contributed by atoms with Gasteiger partial charge in [-0.05, 0) is 47.5 Å². The summed E-state index contributed by atoms with van der Waals surface area (Å²) < 4.78 is 57.9. The molecule has 2 N–H and O–H groups in total. The molecule has 1 atom stereocenters.